The monoisotopic (exact) mass is 180 g/mol. The van der Waals surface area contributed by atoms with E-state index in [1.807, 2.05) is 12.3 Å². The maximum atomic E-state index is 4.95. The first kappa shape index (κ1) is 10.2. The van der Waals surface area contributed by atoms with E-state index in [0.29, 0.717) is 6.04 Å². The summed E-state index contributed by atoms with van der Waals surface area (Å²) in [6, 6.07) is 4.35. The van der Waals surface area contributed by atoms with Crippen molar-refractivity contribution in [3.05, 3.63) is 30.1 Å². The minimum atomic E-state index is 0.337. The van der Waals surface area contributed by atoms with E-state index < -0.39 is 0 Å². The van der Waals surface area contributed by atoms with Gasteiger partial charge in [0.25, 0.3) is 0 Å². The summed E-state index contributed by atoms with van der Waals surface area (Å²) < 4.78 is 4.95. The summed E-state index contributed by atoms with van der Waals surface area (Å²) >= 11 is 0. The van der Waals surface area contributed by atoms with Gasteiger partial charge in [0.05, 0.1) is 6.61 Å². The Balaban J connectivity index is 2.35. The summed E-state index contributed by atoms with van der Waals surface area (Å²) in [5.41, 5.74) is 1.21. The Morgan fingerprint density at radius 3 is 3.08 bits per heavy atom. The minimum absolute atomic E-state index is 0.337. The normalized spacial score (nSPS) is 12.8. The summed E-state index contributed by atoms with van der Waals surface area (Å²) in [5.74, 6) is 0. The molecule has 0 amide bonds. The Hall–Kier alpha value is -0.930. The lowest BCUT2D eigenvalue weighted by Gasteiger charge is -2.12. The van der Waals surface area contributed by atoms with Gasteiger partial charge in [-0.25, -0.2) is 0 Å². The SMILES string of the molecule is COCCN[C@H](C)c1cccnc1. The number of nitrogens with one attached hydrogen (secondary N) is 1. The van der Waals surface area contributed by atoms with E-state index in [4.69, 9.17) is 4.74 Å². The van der Waals surface area contributed by atoms with Gasteiger partial charge in [0.1, 0.15) is 0 Å². The van der Waals surface area contributed by atoms with E-state index in [1.54, 1.807) is 13.3 Å². The van der Waals surface area contributed by atoms with Crippen molar-refractivity contribution < 1.29 is 4.74 Å². The fourth-order valence-corrected chi connectivity index (χ4v) is 1.13. The Kier molecular flexibility index (Phi) is 4.43. The molecule has 1 atom stereocenters. The van der Waals surface area contributed by atoms with E-state index >= 15 is 0 Å². The number of pyridine rings is 1. The van der Waals surface area contributed by atoms with Crippen molar-refractivity contribution in [2.45, 2.75) is 13.0 Å². The van der Waals surface area contributed by atoms with Gasteiger partial charge >= 0.3 is 0 Å². The molecule has 0 bridgehead atoms. The molecule has 0 aromatic carbocycles. The van der Waals surface area contributed by atoms with Crippen LogP contribution in [0.15, 0.2) is 24.5 Å². The standard InChI is InChI=1S/C10H16N2O/c1-9(12-6-7-13-2)10-4-3-5-11-8-10/h3-5,8-9,12H,6-7H2,1-2H3/t9-/m1/s1. The van der Waals surface area contributed by atoms with Crippen molar-refractivity contribution in [1.82, 2.24) is 10.3 Å². The van der Waals surface area contributed by atoms with Crippen molar-refractivity contribution >= 4 is 0 Å². The van der Waals surface area contributed by atoms with Crippen LogP contribution in [0, 0.1) is 0 Å². The second kappa shape index (κ2) is 5.67. The average Bonchev–Trinajstić information content (AvgIpc) is 2.19. The predicted octanol–water partition coefficient (Wildman–Crippen LogP) is 1.38. The molecule has 0 aliphatic heterocycles. The number of hydrogen-bond donors (Lipinski definition) is 1. The molecule has 0 spiro atoms. The number of ether oxygens (including phenoxy) is 1. The van der Waals surface area contributed by atoms with E-state index in [2.05, 4.69) is 23.3 Å². The zero-order valence-electron chi connectivity index (χ0n) is 8.16. The van der Waals surface area contributed by atoms with Crippen LogP contribution in [0.3, 0.4) is 0 Å². The topological polar surface area (TPSA) is 34.1 Å². The molecule has 1 aromatic heterocycles. The lowest BCUT2D eigenvalue weighted by Crippen LogP contribution is -2.22. The molecular weight excluding hydrogens is 164 g/mol. The Morgan fingerprint density at radius 2 is 2.46 bits per heavy atom. The van der Waals surface area contributed by atoms with Crippen LogP contribution in [0.2, 0.25) is 0 Å². The molecule has 0 aliphatic carbocycles. The Bertz CT molecular complexity index is 226. The number of aromatic nitrogens is 1. The van der Waals surface area contributed by atoms with Gasteiger partial charge < -0.3 is 10.1 Å². The molecule has 3 heteroatoms. The van der Waals surface area contributed by atoms with Crippen LogP contribution in [-0.2, 0) is 4.74 Å². The maximum absolute atomic E-state index is 4.95. The fraction of sp³-hybridized carbons (Fsp3) is 0.500. The van der Waals surface area contributed by atoms with Crippen LogP contribution in [0.25, 0.3) is 0 Å². The third-order valence-electron chi connectivity index (χ3n) is 1.94. The van der Waals surface area contributed by atoms with Gasteiger partial charge in [-0.05, 0) is 18.6 Å². The van der Waals surface area contributed by atoms with Crippen LogP contribution in [0.4, 0.5) is 0 Å². The molecule has 1 heterocycles. The largest absolute Gasteiger partial charge is 0.383 e. The van der Waals surface area contributed by atoms with Gasteiger partial charge in [-0.1, -0.05) is 6.07 Å². The van der Waals surface area contributed by atoms with E-state index in [1.165, 1.54) is 5.56 Å². The Morgan fingerprint density at radius 1 is 1.62 bits per heavy atom. The molecule has 3 nitrogen and oxygen atoms in total. The van der Waals surface area contributed by atoms with Gasteiger partial charge in [0.2, 0.25) is 0 Å². The molecule has 0 saturated carbocycles. The van der Waals surface area contributed by atoms with Gasteiger partial charge in [-0.2, -0.15) is 0 Å². The summed E-state index contributed by atoms with van der Waals surface area (Å²) in [7, 11) is 1.70. The van der Waals surface area contributed by atoms with Crippen LogP contribution >= 0.6 is 0 Å². The van der Waals surface area contributed by atoms with Gasteiger partial charge in [0.15, 0.2) is 0 Å². The molecule has 1 N–H and O–H groups in total. The first-order chi connectivity index (χ1) is 6.34. The highest BCUT2D eigenvalue weighted by atomic mass is 16.5. The van der Waals surface area contributed by atoms with Crippen molar-refractivity contribution in [2.75, 3.05) is 20.3 Å². The third-order valence-corrected chi connectivity index (χ3v) is 1.94. The molecule has 1 aromatic rings. The van der Waals surface area contributed by atoms with Crippen LogP contribution in [-0.4, -0.2) is 25.2 Å². The number of nitrogens with zero attached hydrogens (tertiary/aromatic N) is 1. The van der Waals surface area contributed by atoms with Crippen molar-refractivity contribution in [1.29, 1.82) is 0 Å². The highest BCUT2D eigenvalue weighted by molar-refractivity contribution is 5.12. The van der Waals surface area contributed by atoms with Crippen LogP contribution in [0.5, 0.6) is 0 Å². The first-order valence-corrected chi connectivity index (χ1v) is 4.47. The van der Waals surface area contributed by atoms with Crippen LogP contribution < -0.4 is 5.32 Å². The molecule has 1 rings (SSSR count). The van der Waals surface area contributed by atoms with Crippen molar-refractivity contribution in [2.24, 2.45) is 0 Å². The van der Waals surface area contributed by atoms with Crippen molar-refractivity contribution in [3.63, 3.8) is 0 Å². The van der Waals surface area contributed by atoms with Gasteiger partial charge in [-0.15, -0.1) is 0 Å². The molecule has 13 heavy (non-hydrogen) atoms. The van der Waals surface area contributed by atoms with Crippen LogP contribution in [0.1, 0.15) is 18.5 Å². The molecule has 0 aliphatic rings. The molecule has 0 fully saturated rings. The predicted molar refractivity (Wildman–Crippen MR) is 52.5 cm³/mol. The second-order valence-electron chi connectivity index (χ2n) is 2.95. The number of rotatable bonds is 5. The average molecular weight is 180 g/mol. The smallest absolute Gasteiger partial charge is 0.0587 e. The highest BCUT2D eigenvalue weighted by Gasteiger charge is 2.02. The number of hydrogen-bond acceptors (Lipinski definition) is 3. The number of methoxy groups -OCH3 is 1. The summed E-state index contributed by atoms with van der Waals surface area (Å²) in [4.78, 5) is 4.06. The van der Waals surface area contributed by atoms with E-state index in [-0.39, 0.29) is 0 Å². The van der Waals surface area contributed by atoms with Gasteiger partial charge in [-0.3, -0.25) is 4.98 Å². The molecule has 0 radical (unpaired) electrons. The molecule has 0 saturated heterocycles. The quantitative estimate of drug-likeness (QED) is 0.695. The highest BCUT2D eigenvalue weighted by Crippen LogP contribution is 2.08. The maximum Gasteiger partial charge on any atom is 0.0587 e. The van der Waals surface area contributed by atoms with E-state index in [0.717, 1.165) is 13.2 Å². The lowest BCUT2D eigenvalue weighted by molar-refractivity contribution is 0.196. The zero-order chi connectivity index (χ0) is 9.52. The fourth-order valence-electron chi connectivity index (χ4n) is 1.13. The third kappa shape index (κ3) is 3.53. The molecule has 72 valence electrons. The molecular formula is C10H16N2O. The summed E-state index contributed by atoms with van der Waals surface area (Å²) in [5, 5.41) is 3.33. The second-order valence-corrected chi connectivity index (χ2v) is 2.95. The lowest BCUT2D eigenvalue weighted by atomic mass is 10.1. The van der Waals surface area contributed by atoms with Gasteiger partial charge in [0, 0.05) is 32.1 Å². The van der Waals surface area contributed by atoms with E-state index in [9.17, 15) is 0 Å². The minimum Gasteiger partial charge on any atom is -0.383 e. The van der Waals surface area contributed by atoms with Crippen molar-refractivity contribution in [3.8, 4) is 0 Å². The summed E-state index contributed by atoms with van der Waals surface area (Å²) in [6.07, 6.45) is 3.66. The first-order valence-electron chi connectivity index (χ1n) is 4.47. The Labute approximate surface area is 79.1 Å². The summed E-state index contributed by atoms with van der Waals surface area (Å²) in [6.45, 7) is 3.73. The molecule has 0 unspecified atom stereocenters. The zero-order valence-corrected chi connectivity index (χ0v) is 8.16.